The molecule has 0 saturated heterocycles. The van der Waals surface area contributed by atoms with Crippen LogP contribution in [-0.4, -0.2) is 23.1 Å². The molecule has 1 amide bonds. The fourth-order valence-corrected chi connectivity index (χ4v) is 5.16. The average Bonchev–Trinajstić information content (AvgIpc) is 3.14. The summed E-state index contributed by atoms with van der Waals surface area (Å²) in [6.45, 7) is 0.912. The first-order valence-corrected chi connectivity index (χ1v) is 11.8. The molecule has 2 N–H and O–H groups in total. The van der Waals surface area contributed by atoms with Gasteiger partial charge in [-0.15, -0.1) is 0 Å². The predicted molar refractivity (Wildman–Crippen MR) is 130 cm³/mol. The maximum absolute atomic E-state index is 12.5. The minimum Gasteiger partial charge on any atom is -0.550 e. The van der Waals surface area contributed by atoms with Gasteiger partial charge in [0.2, 0.25) is 5.91 Å². The topological polar surface area (TPSA) is 97.4 Å². The second kappa shape index (κ2) is 9.21. The minimum atomic E-state index is -1.08. The third kappa shape index (κ3) is 4.00. The van der Waals surface area contributed by atoms with Crippen LogP contribution in [0.2, 0.25) is 0 Å². The summed E-state index contributed by atoms with van der Waals surface area (Å²) in [4.78, 5) is 23.4. The number of benzene rings is 3. The van der Waals surface area contributed by atoms with Crippen LogP contribution in [0.15, 0.2) is 54.6 Å². The predicted octanol–water partition coefficient (Wildman–Crippen LogP) is 3.73. The van der Waals surface area contributed by atoms with Crippen molar-refractivity contribution in [3.05, 3.63) is 76.9 Å². The van der Waals surface area contributed by atoms with Crippen LogP contribution in [0.3, 0.4) is 0 Å². The van der Waals surface area contributed by atoms with Gasteiger partial charge in [-0.25, -0.2) is 0 Å². The molecular formula is C28H27N2O4-. The van der Waals surface area contributed by atoms with Crippen LogP contribution in [0.4, 0.5) is 0 Å². The number of primary amides is 1. The molecule has 1 heterocycles. The number of ether oxygens (including phenoxy) is 1. The SMILES string of the molecule is NC(=O)c1cccc2c1c1c(OCCCC(=O)[O-])c3c(cc1n2Cc1ccccc1)CCCC3. The van der Waals surface area contributed by atoms with Crippen molar-refractivity contribution in [1.82, 2.24) is 4.57 Å². The number of nitrogens with zero attached hydrogens (tertiary/aromatic N) is 1. The Kier molecular flexibility index (Phi) is 5.97. The van der Waals surface area contributed by atoms with Crippen molar-refractivity contribution in [1.29, 1.82) is 0 Å². The summed E-state index contributed by atoms with van der Waals surface area (Å²) in [6, 6.07) is 18.1. The molecule has 3 aromatic carbocycles. The van der Waals surface area contributed by atoms with Crippen LogP contribution in [-0.2, 0) is 24.2 Å². The van der Waals surface area contributed by atoms with E-state index in [0.29, 0.717) is 18.5 Å². The van der Waals surface area contributed by atoms with Crippen LogP contribution >= 0.6 is 0 Å². The summed E-state index contributed by atoms with van der Waals surface area (Å²) in [5, 5.41) is 12.6. The molecule has 174 valence electrons. The number of aryl methyl sites for hydroxylation is 1. The van der Waals surface area contributed by atoms with Gasteiger partial charge in [-0.05, 0) is 73.4 Å². The van der Waals surface area contributed by atoms with Crippen molar-refractivity contribution in [3.8, 4) is 5.75 Å². The zero-order valence-electron chi connectivity index (χ0n) is 19.0. The normalized spacial score (nSPS) is 13.2. The number of carboxylic acids is 1. The van der Waals surface area contributed by atoms with E-state index in [4.69, 9.17) is 10.5 Å². The van der Waals surface area contributed by atoms with Crippen molar-refractivity contribution in [2.45, 2.75) is 45.1 Å². The molecule has 1 aromatic heterocycles. The van der Waals surface area contributed by atoms with Crippen molar-refractivity contribution >= 4 is 33.7 Å². The Bertz CT molecular complexity index is 1390. The third-order valence-corrected chi connectivity index (χ3v) is 6.67. The zero-order chi connectivity index (χ0) is 23.7. The number of fused-ring (bicyclic) bond motifs is 4. The average molecular weight is 456 g/mol. The Morgan fingerprint density at radius 2 is 1.76 bits per heavy atom. The van der Waals surface area contributed by atoms with Crippen LogP contribution in [0, 0.1) is 0 Å². The summed E-state index contributed by atoms with van der Waals surface area (Å²) in [7, 11) is 0. The van der Waals surface area contributed by atoms with Crippen molar-refractivity contribution < 1.29 is 19.4 Å². The molecule has 5 rings (SSSR count). The Morgan fingerprint density at radius 3 is 2.53 bits per heavy atom. The molecule has 0 unspecified atom stereocenters. The summed E-state index contributed by atoms with van der Waals surface area (Å²) in [6.07, 6.45) is 4.36. The van der Waals surface area contributed by atoms with Crippen LogP contribution in [0.1, 0.15) is 52.7 Å². The molecule has 34 heavy (non-hydrogen) atoms. The molecule has 0 spiro atoms. The highest BCUT2D eigenvalue weighted by Gasteiger charge is 2.25. The molecule has 0 aliphatic heterocycles. The first-order chi connectivity index (χ1) is 16.5. The molecular weight excluding hydrogens is 428 g/mol. The fourth-order valence-electron chi connectivity index (χ4n) is 5.16. The van der Waals surface area contributed by atoms with Gasteiger partial charge in [-0.2, -0.15) is 0 Å². The molecule has 1 aliphatic carbocycles. The second-order valence-corrected chi connectivity index (χ2v) is 8.90. The lowest BCUT2D eigenvalue weighted by molar-refractivity contribution is -0.305. The summed E-state index contributed by atoms with van der Waals surface area (Å²) < 4.78 is 8.55. The van der Waals surface area contributed by atoms with Crippen molar-refractivity contribution in [3.63, 3.8) is 0 Å². The van der Waals surface area contributed by atoms with Crippen molar-refractivity contribution in [2.75, 3.05) is 6.61 Å². The van der Waals surface area contributed by atoms with Gasteiger partial charge in [0.25, 0.3) is 0 Å². The first-order valence-electron chi connectivity index (χ1n) is 11.8. The molecule has 0 bridgehead atoms. The summed E-state index contributed by atoms with van der Waals surface area (Å²) >= 11 is 0. The van der Waals surface area contributed by atoms with E-state index in [9.17, 15) is 14.7 Å². The van der Waals surface area contributed by atoms with E-state index >= 15 is 0 Å². The Labute approximate surface area is 197 Å². The van der Waals surface area contributed by atoms with Crippen LogP contribution < -0.4 is 15.6 Å². The van der Waals surface area contributed by atoms with Crippen molar-refractivity contribution in [2.24, 2.45) is 5.73 Å². The van der Waals surface area contributed by atoms with Gasteiger partial charge in [-0.3, -0.25) is 4.79 Å². The number of rotatable bonds is 8. The minimum absolute atomic E-state index is 0.0551. The van der Waals surface area contributed by atoms with Gasteiger partial charge in [0.15, 0.2) is 0 Å². The summed E-state index contributed by atoms with van der Waals surface area (Å²) in [5.41, 5.74) is 11.8. The molecule has 4 aromatic rings. The molecule has 0 radical (unpaired) electrons. The second-order valence-electron chi connectivity index (χ2n) is 8.90. The number of aliphatic carboxylic acids is 1. The van der Waals surface area contributed by atoms with E-state index in [1.807, 2.05) is 30.3 Å². The van der Waals surface area contributed by atoms with E-state index in [1.165, 1.54) is 5.56 Å². The molecule has 6 nitrogen and oxygen atoms in total. The Morgan fingerprint density at radius 1 is 0.971 bits per heavy atom. The highest BCUT2D eigenvalue weighted by atomic mass is 16.5. The highest BCUT2D eigenvalue weighted by molar-refractivity contribution is 6.20. The Hall–Kier alpha value is -3.80. The molecule has 1 aliphatic rings. The number of carbonyl (C=O) groups excluding carboxylic acids is 2. The van der Waals surface area contributed by atoms with Gasteiger partial charge >= 0.3 is 0 Å². The molecule has 0 saturated carbocycles. The molecule has 0 fully saturated rings. The third-order valence-electron chi connectivity index (χ3n) is 6.67. The van der Waals surface area contributed by atoms with E-state index in [1.54, 1.807) is 6.07 Å². The van der Waals surface area contributed by atoms with E-state index in [2.05, 4.69) is 22.8 Å². The number of amides is 1. The smallest absolute Gasteiger partial charge is 0.249 e. The molecule has 0 atom stereocenters. The van der Waals surface area contributed by atoms with Gasteiger partial charge in [-0.1, -0.05) is 36.4 Å². The number of carbonyl (C=O) groups is 2. The Balaban J connectivity index is 1.78. The maximum atomic E-state index is 12.5. The van der Waals surface area contributed by atoms with Crippen LogP contribution in [0.5, 0.6) is 5.75 Å². The van der Waals surface area contributed by atoms with Gasteiger partial charge < -0.3 is 24.9 Å². The zero-order valence-corrected chi connectivity index (χ0v) is 19.0. The number of nitrogens with two attached hydrogens (primary N) is 1. The largest absolute Gasteiger partial charge is 0.550 e. The lowest BCUT2D eigenvalue weighted by Crippen LogP contribution is -2.22. The van der Waals surface area contributed by atoms with Gasteiger partial charge in [0.05, 0.1) is 23.0 Å². The number of hydrogen-bond donors (Lipinski definition) is 1. The first kappa shape index (κ1) is 22.0. The van der Waals surface area contributed by atoms with E-state index in [-0.39, 0.29) is 13.0 Å². The van der Waals surface area contributed by atoms with E-state index < -0.39 is 11.9 Å². The lowest BCUT2D eigenvalue weighted by Gasteiger charge is -2.22. The number of hydrogen-bond acceptors (Lipinski definition) is 4. The lowest BCUT2D eigenvalue weighted by atomic mass is 9.89. The maximum Gasteiger partial charge on any atom is 0.249 e. The van der Waals surface area contributed by atoms with E-state index in [0.717, 1.165) is 64.4 Å². The fraction of sp³-hybridized carbons (Fsp3) is 0.286. The van der Waals surface area contributed by atoms with Gasteiger partial charge in [0.1, 0.15) is 5.75 Å². The number of aromatic nitrogens is 1. The summed E-state index contributed by atoms with van der Waals surface area (Å²) in [5.74, 6) is -0.805. The standard InChI is InChI=1S/C28H28N2O4/c29-28(33)21-12-6-13-22-25(21)26-23(30(22)17-18-8-2-1-3-9-18)16-19-10-4-5-11-20(19)27(26)34-15-7-14-24(31)32/h1-3,6,8-9,12-13,16H,4-5,7,10-11,14-15,17H2,(H2,29,33)(H,31,32)/p-1. The quantitative estimate of drug-likeness (QED) is 0.409. The number of carboxylic acid groups (broad SMARTS) is 1. The highest BCUT2D eigenvalue weighted by Crippen LogP contribution is 2.43. The van der Waals surface area contributed by atoms with Crippen LogP contribution in [0.25, 0.3) is 21.8 Å². The van der Waals surface area contributed by atoms with Gasteiger partial charge in [0, 0.05) is 23.5 Å². The monoisotopic (exact) mass is 455 g/mol. The molecule has 6 heteroatoms.